The van der Waals surface area contributed by atoms with Crippen LogP contribution in [0.25, 0.3) is 11.5 Å². The fourth-order valence-corrected chi connectivity index (χ4v) is 1.88. The molecule has 2 heterocycles. The maximum absolute atomic E-state index is 10.8. The van der Waals surface area contributed by atoms with Crippen LogP contribution in [-0.4, -0.2) is 24.9 Å². The Morgan fingerprint density at radius 1 is 1.24 bits per heavy atom. The zero-order valence-electron chi connectivity index (χ0n) is 10.5. The Labute approximate surface area is 123 Å². The van der Waals surface area contributed by atoms with Gasteiger partial charge < -0.3 is 14.5 Å². The molecule has 0 aliphatic carbocycles. The van der Waals surface area contributed by atoms with E-state index in [2.05, 4.69) is 15.3 Å². The van der Waals surface area contributed by atoms with E-state index in [1.165, 1.54) is 16.9 Å². The Balaban J connectivity index is 1.83. The molecule has 0 radical (unpaired) electrons. The number of rotatable bonds is 4. The SMILES string of the molecule is O=[N+]([O-])c1ccnn1Cc1nnc(-c2ccc(Cl)cc2)o1. The molecule has 0 N–H and O–H groups in total. The molecule has 9 heteroatoms. The summed E-state index contributed by atoms with van der Waals surface area (Å²) in [6.07, 6.45) is 1.34. The number of nitro groups is 1. The van der Waals surface area contributed by atoms with Crippen molar-refractivity contribution in [3.63, 3.8) is 0 Å². The van der Waals surface area contributed by atoms with E-state index in [9.17, 15) is 10.1 Å². The van der Waals surface area contributed by atoms with Crippen LogP contribution < -0.4 is 0 Å². The monoisotopic (exact) mass is 305 g/mol. The largest absolute Gasteiger partial charge is 0.416 e. The molecule has 0 saturated heterocycles. The molecule has 0 fully saturated rings. The van der Waals surface area contributed by atoms with E-state index in [4.69, 9.17) is 16.0 Å². The second-order valence-corrected chi connectivity index (χ2v) is 4.55. The molecule has 0 spiro atoms. The van der Waals surface area contributed by atoms with Crippen LogP contribution in [0.1, 0.15) is 5.89 Å². The molecule has 21 heavy (non-hydrogen) atoms. The van der Waals surface area contributed by atoms with E-state index in [1.807, 2.05) is 0 Å². The first kappa shape index (κ1) is 13.3. The summed E-state index contributed by atoms with van der Waals surface area (Å²) in [5.74, 6) is 0.407. The lowest BCUT2D eigenvalue weighted by molar-refractivity contribution is -0.392. The predicted octanol–water partition coefficient (Wildman–Crippen LogP) is 2.54. The Bertz CT molecular complexity index is 780. The average Bonchev–Trinajstić information content (AvgIpc) is 3.09. The average molecular weight is 306 g/mol. The summed E-state index contributed by atoms with van der Waals surface area (Å²) in [4.78, 5) is 10.3. The lowest BCUT2D eigenvalue weighted by Gasteiger charge is -1.96. The summed E-state index contributed by atoms with van der Waals surface area (Å²) in [5.41, 5.74) is 0.716. The van der Waals surface area contributed by atoms with Gasteiger partial charge in [0.1, 0.15) is 0 Å². The lowest BCUT2D eigenvalue weighted by Crippen LogP contribution is -2.06. The maximum Gasteiger partial charge on any atom is 0.345 e. The second kappa shape index (κ2) is 5.33. The first-order valence-corrected chi connectivity index (χ1v) is 6.26. The number of nitrogens with zero attached hydrogens (tertiary/aromatic N) is 5. The van der Waals surface area contributed by atoms with Crippen molar-refractivity contribution >= 4 is 17.4 Å². The zero-order chi connectivity index (χ0) is 14.8. The Morgan fingerprint density at radius 3 is 2.71 bits per heavy atom. The topological polar surface area (TPSA) is 99.9 Å². The van der Waals surface area contributed by atoms with Crippen molar-refractivity contribution in [1.29, 1.82) is 0 Å². The highest BCUT2D eigenvalue weighted by molar-refractivity contribution is 6.30. The Morgan fingerprint density at radius 2 is 2.00 bits per heavy atom. The van der Waals surface area contributed by atoms with Crippen molar-refractivity contribution in [2.24, 2.45) is 0 Å². The number of benzene rings is 1. The van der Waals surface area contributed by atoms with Crippen LogP contribution in [0.3, 0.4) is 0 Å². The summed E-state index contributed by atoms with van der Waals surface area (Å²) in [5, 5.41) is 23.0. The first-order valence-electron chi connectivity index (χ1n) is 5.88. The van der Waals surface area contributed by atoms with Crippen LogP contribution in [0.15, 0.2) is 40.9 Å². The molecule has 0 aliphatic rings. The second-order valence-electron chi connectivity index (χ2n) is 4.11. The Hall–Kier alpha value is -2.74. The molecular weight excluding hydrogens is 298 g/mol. The van der Waals surface area contributed by atoms with Gasteiger partial charge in [0.25, 0.3) is 5.89 Å². The van der Waals surface area contributed by atoms with Crippen molar-refractivity contribution in [3.05, 3.63) is 57.6 Å². The number of hydrogen-bond acceptors (Lipinski definition) is 6. The van der Waals surface area contributed by atoms with Gasteiger partial charge in [0.15, 0.2) is 6.54 Å². The lowest BCUT2D eigenvalue weighted by atomic mass is 10.2. The van der Waals surface area contributed by atoms with Crippen LogP contribution in [0, 0.1) is 10.1 Å². The third kappa shape index (κ3) is 2.75. The molecule has 106 valence electrons. The molecule has 0 unspecified atom stereocenters. The molecule has 0 amide bonds. The van der Waals surface area contributed by atoms with Gasteiger partial charge >= 0.3 is 5.82 Å². The molecule has 0 bridgehead atoms. The van der Waals surface area contributed by atoms with Crippen LogP contribution in [0.5, 0.6) is 0 Å². The third-order valence-electron chi connectivity index (χ3n) is 2.72. The molecule has 1 aromatic carbocycles. The third-order valence-corrected chi connectivity index (χ3v) is 2.98. The molecule has 2 aromatic heterocycles. The molecule has 0 atom stereocenters. The number of halogens is 1. The fraction of sp³-hybridized carbons (Fsp3) is 0.0833. The standard InChI is InChI=1S/C12H8ClN5O3/c13-9-3-1-8(2-4-9)12-16-15-10(21-12)7-17-11(18(19)20)5-6-14-17/h1-6H,7H2. The van der Waals surface area contributed by atoms with Crippen molar-refractivity contribution in [3.8, 4) is 11.5 Å². The van der Waals surface area contributed by atoms with Crippen LogP contribution in [0.4, 0.5) is 5.82 Å². The Kier molecular flexibility index (Phi) is 3.36. The van der Waals surface area contributed by atoms with Gasteiger partial charge in [0.2, 0.25) is 5.89 Å². The molecular formula is C12H8ClN5O3. The van der Waals surface area contributed by atoms with Gasteiger partial charge in [0.05, 0.1) is 12.3 Å². The summed E-state index contributed by atoms with van der Waals surface area (Å²) < 4.78 is 6.65. The van der Waals surface area contributed by atoms with Gasteiger partial charge in [-0.1, -0.05) is 16.7 Å². The van der Waals surface area contributed by atoms with Gasteiger partial charge in [-0.15, -0.1) is 14.9 Å². The van der Waals surface area contributed by atoms with E-state index in [1.54, 1.807) is 24.3 Å². The highest BCUT2D eigenvalue weighted by Gasteiger charge is 2.18. The molecule has 8 nitrogen and oxygen atoms in total. The summed E-state index contributed by atoms with van der Waals surface area (Å²) in [6.45, 7) is 0.0316. The molecule has 3 rings (SSSR count). The van der Waals surface area contributed by atoms with Crippen molar-refractivity contribution < 1.29 is 9.34 Å². The highest BCUT2D eigenvalue weighted by Crippen LogP contribution is 2.21. The molecule has 0 saturated carbocycles. The molecule has 0 aliphatic heterocycles. The minimum absolute atomic E-state index is 0.0316. The fourth-order valence-electron chi connectivity index (χ4n) is 1.76. The van der Waals surface area contributed by atoms with Crippen molar-refractivity contribution in [2.45, 2.75) is 6.54 Å². The van der Waals surface area contributed by atoms with E-state index in [0.717, 1.165) is 0 Å². The summed E-state index contributed by atoms with van der Waals surface area (Å²) >= 11 is 5.80. The smallest absolute Gasteiger partial charge is 0.345 e. The highest BCUT2D eigenvalue weighted by atomic mass is 35.5. The van der Waals surface area contributed by atoms with Gasteiger partial charge in [0, 0.05) is 10.6 Å². The first-order chi connectivity index (χ1) is 10.1. The summed E-state index contributed by atoms with van der Waals surface area (Å²) in [7, 11) is 0. The van der Waals surface area contributed by atoms with E-state index < -0.39 is 4.92 Å². The molecule has 3 aromatic rings. The van der Waals surface area contributed by atoms with E-state index in [-0.39, 0.29) is 18.3 Å². The van der Waals surface area contributed by atoms with Gasteiger partial charge in [-0.25, -0.2) is 0 Å². The quantitative estimate of drug-likeness (QED) is 0.542. The zero-order valence-corrected chi connectivity index (χ0v) is 11.3. The van der Waals surface area contributed by atoms with Gasteiger partial charge in [-0.05, 0) is 29.2 Å². The minimum Gasteiger partial charge on any atom is -0.416 e. The van der Waals surface area contributed by atoms with E-state index >= 15 is 0 Å². The van der Waals surface area contributed by atoms with Crippen LogP contribution in [-0.2, 0) is 6.54 Å². The van der Waals surface area contributed by atoms with Crippen LogP contribution >= 0.6 is 11.6 Å². The maximum atomic E-state index is 10.8. The van der Waals surface area contributed by atoms with Crippen LogP contribution in [0.2, 0.25) is 5.02 Å². The van der Waals surface area contributed by atoms with Crippen molar-refractivity contribution in [1.82, 2.24) is 20.0 Å². The normalized spacial score (nSPS) is 10.7. The van der Waals surface area contributed by atoms with Gasteiger partial charge in [-0.3, -0.25) is 0 Å². The summed E-state index contributed by atoms with van der Waals surface area (Å²) in [6, 6.07) is 8.21. The minimum atomic E-state index is -0.524. The predicted molar refractivity (Wildman–Crippen MR) is 72.7 cm³/mol. The van der Waals surface area contributed by atoms with E-state index in [0.29, 0.717) is 16.5 Å². The van der Waals surface area contributed by atoms with Crippen molar-refractivity contribution in [2.75, 3.05) is 0 Å². The van der Waals surface area contributed by atoms with Gasteiger partial charge in [-0.2, -0.15) is 0 Å². The number of aromatic nitrogens is 4. The number of hydrogen-bond donors (Lipinski definition) is 0.